The summed E-state index contributed by atoms with van der Waals surface area (Å²) in [4.78, 5) is 15.0. The molecule has 0 unspecified atom stereocenters. The van der Waals surface area contributed by atoms with Crippen LogP contribution >= 0.6 is 0 Å². The van der Waals surface area contributed by atoms with Gasteiger partial charge in [-0.1, -0.05) is 37.6 Å². The number of amides is 1. The number of ether oxygens (including phenoxy) is 2. The molecule has 2 rings (SSSR count). The molecule has 0 saturated heterocycles. The van der Waals surface area contributed by atoms with Crippen molar-refractivity contribution in [1.82, 2.24) is 0 Å². The van der Waals surface area contributed by atoms with Crippen LogP contribution in [0.3, 0.4) is 0 Å². The molecule has 0 fully saturated rings. The predicted molar refractivity (Wildman–Crippen MR) is 92.6 cm³/mol. The highest BCUT2D eigenvalue weighted by molar-refractivity contribution is 6.09. The van der Waals surface area contributed by atoms with Crippen LogP contribution in [0.5, 0.6) is 11.5 Å². The molecule has 0 aliphatic carbocycles. The van der Waals surface area contributed by atoms with Gasteiger partial charge in [-0.2, -0.15) is 0 Å². The van der Waals surface area contributed by atoms with Crippen LogP contribution in [0.1, 0.15) is 30.1 Å². The summed E-state index contributed by atoms with van der Waals surface area (Å²) in [7, 11) is 3.12. The number of carbonyl (C=O) groups is 1. The Hall–Kier alpha value is -2.49. The molecule has 0 aromatic heterocycles. The number of benzene rings is 2. The van der Waals surface area contributed by atoms with E-state index in [2.05, 4.69) is 6.92 Å². The Kier molecular flexibility index (Phi) is 6.03. The molecule has 4 nitrogen and oxygen atoms in total. The molecule has 0 aliphatic rings. The number of carbonyl (C=O) groups excluding carboxylic acids is 1. The molecule has 2 aromatic carbocycles. The monoisotopic (exact) mass is 313 g/mol. The Morgan fingerprint density at radius 3 is 2.09 bits per heavy atom. The van der Waals surface area contributed by atoms with E-state index in [0.717, 1.165) is 18.5 Å². The first-order chi connectivity index (χ1) is 11.2. The summed E-state index contributed by atoms with van der Waals surface area (Å²) in [5.41, 5.74) is 1.33. The first-order valence-corrected chi connectivity index (χ1v) is 7.80. The third-order valence-corrected chi connectivity index (χ3v) is 3.69. The average molecular weight is 313 g/mol. The lowest BCUT2D eigenvalue weighted by Gasteiger charge is -2.24. The maximum atomic E-state index is 13.2. The van der Waals surface area contributed by atoms with Crippen molar-refractivity contribution in [1.29, 1.82) is 0 Å². The predicted octanol–water partition coefficient (Wildman–Crippen LogP) is 4.15. The molecule has 0 saturated carbocycles. The van der Waals surface area contributed by atoms with E-state index in [0.29, 0.717) is 23.6 Å². The summed E-state index contributed by atoms with van der Waals surface area (Å²) < 4.78 is 10.7. The quantitative estimate of drug-likeness (QED) is 0.771. The minimum absolute atomic E-state index is 0.112. The van der Waals surface area contributed by atoms with Crippen LogP contribution in [0.4, 0.5) is 5.69 Å². The third-order valence-electron chi connectivity index (χ3n) is 3.69. The highest BCUT2D eigenvalue weighted by Gasteiger charge is 2.24. The fraction of sp³-hybridized carbons (Fsp3) is 0.316. The second kappa shape index (κ2) is 8.22. The summed E-state index contributed by atoms with van der Waals surface area (Å²) in [6, 6.07) is 15.0. The Balaban J connectivity index is 2.45. The van der Waals surface area contributed by atoms with Crippen molar-refractivity contribution in [2.75, 3.05) is 25.7 Å². The summed E-state index contributed by atoms with van der Waals surface area (Å²) in [5.74, 6) is 0.928. The van der Waals surface area contributed by atoms with Crippen LogP contribution in [0.15, 0.2) is 48.5 Å². The fourth-order valence-electron chi connectivity index (χ4n) is 2.47. The van der Waals surface area contributed by atoms with Crippen LogP contribution in [0.25, 0.3) is 0 Å². The number of hydrogen-bond acceptors (Lipinski definition) is 3. The zero-order valence-corrected chi connectivity index (χ0v) is 13.9. The van der Waals surface area contributed by atoms with Crippen molar-refractivity contribution in [2.24, 2.45) is 0 Å². The van der Waals surface area contributed by atoms with E-state index >= 15 is 0 Å². The van der Waals surface area contributed by atoms with E-state index in [1.807, 2.05) is 36.4 Å². The van der Waals surface area contributed by atoms with Crippen molar-refractivity contribution in [3.05, 3.63) is 54.1 Å². The molecule has 0 atom stereocenters. The van der Waals surface area contributed by atoms with E-state index in [1.54, 1.807) is 31.3 Å². The number of rotatable bonds is 7. The van der Waals surface area contributed by atoms with Gasteiger partial charge in [0.2, 0.25) is 0 Å². The molecule has 0 spiro atoms. The summed E-state index contributed by atoms with van der Waals surface area (Å²) in [6.45, 7) is 2.76. The lowest BCUT2D eigenvalue weighted by atomic mass is 10.1. The number of para-hydroxylation sites is 1. The Morgan fingerprint density at radius 2 is 1.57 bits per heavy atom. The summed E-state index contributed by atoms with van der Waals surface area (Å²) >= 11 is 0. The van der Waals surface area contributed by atoms with E-state index in [1.165, 1.54) is 0 Å². The Morgan fingerprint density at radius 1 is 0.957 bits per heavy atom. The van der Waals surface area contributed by atoms with Gasteiger partial charge in [0.1, 0.15) is 17.1 Å². The van der Waals surface area contributed by atoms with Crippen molar-refractivity contribution >= 4 is 11.6 Å². The zero-order valence-electron chi connectivity index (χ0n) is 13.9. The largest absolute Gasteiger partial charge is 0.496 e. The van der Waals surface area contributed by atoms with E-state index in [4.69, 9.17) is 9.47 Å². The molecule has 0 radical (unpaired) electrons. The van der Waals surface area contributed by atoms with Gasteiger partial charge in [0.25, 0.3) is 5.91 Å². The van der Waals surface area contributed by atoms with Gasteiger partial charge < -0.3 is 14.4 Å². The van der Waals surface area contributed by atoms with Crippen LogP contribution in [-0.4, -0.2) is 26.7 Å². The lowest BCUT2D eigenvalue weighted by Crippen LogP contribution is -2.32. The van der Waals surface area contributed by atoms with Crippen molar-refractivity contribution in [3.63, 3.8) is 0 Å². The molecule has 0 heterocycles. The first kappa shape index (κ1) is 16.9. The van der Waals surface area contributed by atoms with Gasteiger partial charge in [-0.05, 0) is 30.7 Å². The topological polar surface area (TPSA) is 38.8 Å². The molecule has 2 aromatic rings. The number of nitrogens with zero attached hydrogens (tertiary/aromatic N) is 1. The molecular weight excluding hydrogens is 290 g/mol. The third kappa shape index (κ3) is 3.83. The standard InChI is InChI=1S/C19H23NO3/c1-4-5-14-20(15-10-7-6-8-11-15)19(21)18-16(22-2)12-9-13-17(18)23-3/h6-13H,4-5,14H2,1-3H3. The van der Waals surface area contributed by atoms with E-state index in [9.17, 15) is 4.79 Å². The lowest BCUT2D eigenvalue weighted by molar-refractivity contribution is 0.0980. The fourth-order valence-corrected chi connectivity index (χ4v) is 2.47. The van der Waals surface area contributed by atoms with Gasteiger partial charge in [-0.25, -0.2) is 0 Å². The van der Waals surface area contributed by atoms with Gasteiger partial charge in [-0.3, -0.25) is 4.79 Å². The van der Waals surface area contributed by atoms with Crippen molar-refractivity contribution in [3.8, 4) is 11.5 Å². The molecular formula is C19H23NO3. The van der Waals surface area contributed by atoms with Gasteiger partial charge in [0, 0.05) is 12.2 Å². The molecule has 122 valence electrons. The van der Waals surface area contributed by atoms with Crippen LogP contribution in [0.2, 0.25) is 0 Å². The maximum Gasteiger partial charge on any atom is 0.265 e. The average Bonchev–Trinajstić information content (AvgIpc) is 2.61. The van der Waals surface area contributed by atoms with Gasteiger partial charge in [-0.15, -0.1) is 0 Å². The SMILES string of the molecule is CCCCN(C(=O)c1c(OC)cccc1OC)c1ccccc1. The highest BCUT2D eigenvalue weighted by Crippen LogP contribution is 2.31. The summed E-state index contributed by atoms with van der Waals surface area (Å²) in [6.07, 6.45) is 1.94. The van der Waals surface area contributed by atoms with Crippen molar-refractivity contribution in [2.45, 2.75) is 19.8 Å². The van der Waals surface area contributed by atoms with Gasteiger partial charge in [0.05, 0.1) is 14.2 Å². The van der Waals surface area contributed by atoms with Crippen LogP contribution in [0, 0.1) is 0 Å². The minimum atomic E-state index is -0.112. The van der Waals surface area contributed by atoms with Gasteiger partial charge >= 0.3 is 0 Å². The minimum Gasteiger partial charge on any atom is -0.496 e. The molecule has 4 heteroatoms. The molecule has 0 bridgehead atoms. The van der Waals surface area contributed by atoms with E-state index in [-0.39, 0.29) is 5.91 Å². The summed E-state index contributed by atoms with van der Waals surface area (Å²) in [5, 5.41) is 0. The van der Waals surface area contributed by atoms with Gasteiger partial charge in [0.15, 0.2) is 0 Å². The Bertz CT molecular complexity index is 618. The van der Waals surface area contributed by atoms with Crippen LogP contribution in [-0.2, 0) is 0 Å². The van der Waals surface area contributed by atoms with Crippen LogP contribution < -0.4 is 14.4 Å². The van der Waals surface area contributed by atoms with Crippen molar-refractivity contribution < 1.29 is 14.3 Å². The first-order valence-electron chi connectivity index (χ1n) is 7.80. The number of anilines is 1. The molecule has 0 N–H and O–H groups in total. The van der Waals surface area contributed by atoms with E-state index < -0.39 is 0 Å². The molecule has 23 heavy (non-hydrogen) atoms. The smallest absolute Gasteiger partial charge is 0.265 e. The highest BCUT2D eigenvalue weighted by atomic mass is 16.5. The second-order valence-corrected chi connectivity index (χ2v) is 5.18. The number of unbranched alkanes of at least 4 members (excludes halogenated alkanes) is 1. The zero-order chi connectivity index (χ0) is 16.7. The Labute approximate surface area is 137 Å². The normalized spacial score (nSPS) is 10.2. The molecule has 1 amide bonds. The molecule has 0 aliphatic heterocycles. The second-order valence-electron chi connectivity index (χ2n) is 5.18. The maximum absolute atomic E-state index is 13.2. The number of hydrogen-bond donors (Lipinski definition) is 0. The number of methoxy groups -OCH3 is 2.